The van der Waals surface area contributed by atoms with Crippen LogP contribution in [0, 0.1) is 6.92 Å². The van der Waals surface area contributed by atoms with Gasteiger partial charge in [-0.3, -0.25) is 0 Å². The van der Waals surface area contributed by atoms with Gasteiger partial charge in [0.1, 0.15) is 17.4 Å². The van der Waals surface area contributed by atoms with Crippen molar-refractivity contribution >= 4 is 34.8 Å². The van der Waals surface area contributed by atoms with E-state index in [0.717, 1.165) is 66.5 Å². The molecule has 1 heterocycles. The molecule has 4 rings (SSSR count). The van der Waals surface area contributed by atoms with Gasteiger partial charge < -0.3 is 25.6 Å². The Balaban J connectivity index is 0.000000233. The molecule has 0 bridgehead atoms. The minimum absolute atomic E-state index is 0.695. The van der Waals surface area contributed by atoms with Crippen molar-refractivity contribution in [2.24, 2.45) is 0 Å². The Labute approximate surface area is 274 Å². The Bertz CT molecular complexity index is 1320. The lowest BCUT2D eigenvalue weighted by molar-refractivity contribution is 0.340. The van der Waals surface area contributed by atoms with E-state index in [2.05, 4.69) is 23.7 Å². The molecule has 0 aromatic heterocycles. The summed E-state index contributed by atoms with van der Waals surface area (Å²) in [5, 5.41) is 4.73. The molecule has 0 aliphatic carbocycles. The minimum atomic E-state index is 0.695. The highest BCUT2D eigenvalue weighted by Gasteiger charge is 2.10. The molecule has 1 aliphatic heterocycles. The number of ether oxygens (including phenoxy) is 1. The number of halogens is 2. The fraction of sp³-hybridized carbons (Fsp3) is 0.389. The molecule has 3 aromatic carbocycles. The maximum Gasteiger partial charge on any atom is 0.145 e. The van der Waals surface area contributed by atoms with Gasteiger partial charge in [0, 0.05) is 48.1 Å². The van der Waals surface area contributed by atoms with Crippen molar-refractivity contribution in [2.45, 2.75) is 52.9 Å². The van der Waals surface area contributed by atoms with E-state index >= 15 is 0 Å². The largest absolute Gasteiger partial charge is 0.457 e. The SMILES string of the molecule is C=C(CC)NCCN1CCCC1.CCC(=C=O)N(C)CCc1ccc(N)cc1.Cc1cc(Cl)ccc1Oc1ccc(Cl)cc1. The van der Waals surface area contributed by atoms with Crippen molar-refractivity contribution < 1.29 is 9.53 Å². The predicted octanol–water partition coefficient (Wildman–Crippen LogP) is 8.56. The lowest BCUT2D eigenvalue weighted by atomic mass is 10.1. The molecule has 1 saturated heterocycles. The van der Waals surface area contributed by atoms with E-state index in [1.54, 1.807) is 18.2 Å². The number of hydrogen-bond donors (Lipinski definition) is 2. The Kier molecular flexibility index (Phi) is 17.2. The van der Waals surface area contributed by atoms with Crippen molar-refractivity contribution in [3.63, 3.8) is 0 Å². The van der Waals surface area contributed by atoms with Crippen molar-refractivity contribution in [3.8, 4) is 11.5 Å². The lowest BCUT2D eigenvalue weighted by Gasteiger charge is -2.18. The average molecular weight is 640 g/mol. The number of anilines is 1. The molecule has 0 radical (unpaired) electrons. The quantitative estimate of drug-likeness (QED) is 0.153. The molecule has 1 aliphatic rings. The standard InChI is InChI=1S/C13H10Cl2O.C13H18N2O.C10H20N2/c1-9-8-11(15)4-7-13(9)16-12-5-2-10(14)3-6-12;1-3-13(10-16)15(2)9-8-11-4-6-12(14)7-5-11;1-3-10(2)11-6-9-12-7-4-5-8-12/h2-8H,1H3;4-7H,3,8-9,14H2,1-2H3;11H,2-9H2,1H3. The zero-order valence-corrected chi connectivity index (χ0v) is 28.2. The number of nitrogens with one attached hydrogen (secondary N) is 1. The van der Waals surface area contributed by atoms with E-state index in [1.807, 2.05) is 80.3 Å². The third-order valence-electron chi connectivity index (χ3n) is 7.24. The smallest absolute Gasteiger partial charge is 0.145 e. The summed E-state index contributed by atoms with van der Waals surface area (Å²) in [5.74, 6) is 3.53. The second-order valence-electron chi connectivity index (χ2n) is 10.7. The van der Waals surface area contributed by atoms with Crippen LogP contribution in [0.5, 0.6) is 11.5 Å². The average Bonchev–Trinajstić information content (AvgIpc) is 3.54. The third-order valence-corrected chi connectivity index (χ3v) is 7.72. The third kappa shape index (κ3) is 14.4. The van der Waals surface area contributed by atoms with Gasteiger partial charge in [0.25, 0.3) is 0 Å². The monoisotopic (exact) mass is 638 g/mol. The number of nitrogens with two attached hydrogens (primary N) is 1. The molecule has 0 saturated carbocycles. The van der Waals surface area contributed by atoms with Gasteiger partial charge in [-0.15, -0.1) is 0 Å². The molecule has 0 unspecified atom stereocenters. The first kappa shape index (κ1) is 36.8. The summed E-state index contributed by atoms with van der Waals surface area (Å²) in [4.78, 5) is 15.1. The number of rotatable bonds is 12. The molecule has 1 fully saturated rings. The summed E-state index contributed by atoms with van der Waals surface area (Å²) in [6.45, 7) is 15.6. The van der Waals surface area contributed by atoms with E-state index in [-0.39, 0.29) is 0 Å². The Hall–Kier alpha value is -3.41. The molecule has 44 heavy (non-hydrogen) atoms. The number of hydrogen-bond acceptors (Lipinski definition) is 6. The van der Waals surface area contributed by atoms with Crippen LogP contribution in [0.4, 0.5) is 5.69 Å². The Morgan fingerprint density at radius 3 is 2.20 bits per heavy atom. The first-order valence-corrected chi connectivity index (χ1v) is 16.0. The summed E-state index contributed by atoms with van der Waals surface area (Å²) >= 11 is 11.7. The second-order valence-corrected chi connectivity index (χ2v) is 11.6. The molecule has 3 aromatic rings. The van der Waals surface area contributed by atoms with E-state index in [9.17, 15) is 4.79 Å². The highest BCUT2D eigenvalue weighted by Crippen LogP contribution is 2.27. The topological polar surface area (TPSA) is 70.8 Å². The zero-order chi connectivity index (χ0) is 32.3. The highest BCUT2D eigenvalue weighted by molar-refractivity contribution is 6.30. The number of aryl methyl sites for hydroxylation is 1. The summed E-state index contributed by atoms with van der Waals surface area (Å²) in [6.07, 6.45) is 5.44. The van der Waals surface area contributed by atoms with Crippen LogP contribution in [0.25, 0.3) is 0 Å². The van der Waals surface area contributed by atoms with E-state index in [0.29, 0.717) is 10.0 Å². The highest BCUT2D eigenvalue weighted by atomic mass is 35.5. The fourth-order valence-corrected chi connectivity index (χ4v) is 4.77. The summed E-state index contributed by atoms with van der Waals surface area (Å²) in [5.41, 5.74) is 10.5. The zero-order valence-electron chi connectivity index (χ0n) is 26.7. The van der Waals surface area contributed by atoms with Crippen LogP contribution >= 0.6 is 23.2 Å². The first-order valence-electron chi connectivity index (χ1n) is 15.3. The second kappa shape index (κ2) is 20.5. The van der Waals surface area contributed by atoms with Crippen LogP contribution in [0.15, 0.2) is 84.7 Å². The number of carbonyl (C=O) groups excluding carboxylic acids is 1. The molecular formula is C36H48Cl2N4O2. The normalized spacial score (nSPS) is 12.1. The van der Waals surface area contributed by atoms with Gasteiger partial charge in [-0.05, 0) is 118 Å². The maximum atomic E-state index is 10.6. The van der Waals surface area contributed by atoms with E-state index < -0.39 is 0 Å². The molecule has 0 spiro atoms. The maximum absolute atomic E-state index is 10.6. The van der Waals surface area contributed by atoms with Gasteiger partial charge in [0.15, 0.2) is 0 Å². The molecule has 0 atom stereocenters. The van der Waals surface area contributed by atoms with Crippen molar-refractivity contribution in [2.75, 3.05) is 45.5 Å². The molecule has 3 N–H and O–H groups in total. The Morgan fingerprint density at radius 2 is 1.64 bits per heavy atom. The summed E-state index contributed by atoms with van der Waals surface area (Å²) < 4.78 is 5.70. The van der Waals surface area contributed by atoms with Gasteiger partial charge in [-0.25, -0.2) is 4.79 Å². The van der Waals surface area contributed by atoms with E-state index in [1.165, 1.54) is 38.0 Å². The molecule has 238 valence electrons. The van der Waals surface area contributed by atoms with Crippen LogP contribution < -0.4 is 15.8 Å². The van der Waals surface area contributed by atoms with Gasteiger partial charge in [0.05, 0.1) is 5.70 Å². The van der Waals surface area contributed by atoms with Gasteiger partial charge >= 0.3 is 0 Å². The number of likely N-dealkylation sites (tertiary alicyclic amines) is 1. The molecule has 8 heteroatoms. The summed E-state index contributed by atoms with van der Waals surface area (Å²) in [7, 11) is 1.92. The van der Waals surface area contributed by atoms with Crippen molar-refractivity contribution in [1.82, 2.24) is 15.1 Å². The van der Waals surface area contributed by atoms with Crippen LogP contribution in [-0.4, -0.2) is 55.5 Å². The number of likely N-dealkylation sites (N-methyl/N-ethyl adjacent to an activating group) is 1. The number of benzene rings is 3. The minimum Gasteiger partial charge on any atom is -0.457 e. The van der Waals surface area contributed by atoms with Gasteiger partial charge in [0.2, 0.25) is 0 Å². The van der Waals surface area contributed by atoms with Gasteiger partial charge in [-0.2, -0.15) is 0 Å². The molecule has 0 amide bonds. The lowest BCUT2D eigenvalue weighted by Crippen LogP contribution is -2.29. The van der Waals surface area contributed by atoms with Crippen LogP contribution in [-0.2, 0) is 11.2 Å². The Morgan fingerprint density at radius 1 is 1.00 bits per heavy atom. The predicted molar refractivity (Wildman–Crippen MR) is 188 cm³/mol. The number of nitrogen functional groups attached to an aromatic ring is 1. The molecule has 6 nitrogen and oxygen atoms in total. The van der Waals surface area contributed by atoms with E-state index in [4.69, 9.17) is 33.7 Å². The fourth-order valence-electron chi connectivity index (χ4n) is 4.42. The summed E-state index contributed by atoms with van der Waals surface area (Å²) in [6, 6.07) is 20.6. The molecular weight excluding hydrogens is 591 g/mol. The van der Waals surface area contributed by atoms with Crippen molar-refractivity contribution in [1.29, 1.82) is 0 Å². The van der Waals surface area contributed by atoms with Crippen molar-refractivity contribution in [3.05, 3.63) is 106 Å². The number of allylic oxidation sites excluding steroid dienone is 2. The van der Waals surface area contributed by atoms with Gasteiger partial charge in [-0.1, -0.05) is 55.8 Å². The van der Waals surface area contributed by atoms with Crippen LogP contribution in [0.1, 0.15) is 50.7 Å². The first-order chi connectivity index (χ1) is 21.1. The van der Waals surface area contributed by atoms with Crippen LogP contribution in [0.3, 0.4) is 0 Å². The van der Waals surface area contributed by atoms with Crippen LogP contribution in [0.2, 0.25) is 10.0 Å². The number of nitrogens with zero attached hydrogens (tertiary/aromatic N) is 2.